The lowest BCUT2D eigenvalue weighted by Gasteiger charge is -2.12. The van der Waals surface area contributed by atoms with E-state index >= 15 is 0 Å². The summed E-state index contributed by atoms with van der Waals surface area (Å²) < 4.78 is 26.4. The van der Waals surface area contributed by atoms with E-state index in [1.54, 1.807) is 13.0 Å². The molecule has 7 heteroatoms. The minimum absolute atomic E-state index is 0.328. The monoisotopic (exact) mass is 270 g/mol. The molecule has 1 aromatic rings. The first-order valence-corrected chi connectivity index (χ1v) is 6.73. The van der Waals surface area contributed by atoms with Gasteiger partial charge < -0.3 is 0 Å². The van der Waals surface area contributed by atoms with Crippen LogP contribution in [0.15, 0.2) is 41.8 Å². The molecule has 0 aliphatic rings. The zero-order valence-corrected chi connectivity index (χ0v) is 10.7. The van der Waals surface area contributed by atoms with Gasteiger partial charge in [0.05, 0.1) is 4.92 Å². The van der Waals surface area contributed by atoms with Crippen molar-refractivity contribution in [1.82, 2.24) is 4.72 Å². The van der Waals surface area contributed by atoms with Crippen LogP contribution in [0.25, 0.3) is 0 Å². The molecule has 1 aromatic carbocycles. The number of nitro benzene ring substituents is 1. The van der Waals surface area contributed by atoms with E-state index in [9.17, 15) is 18.5 Å². The predicted octanol–water partition coefficient (Wildman–Crippen LogP) is 1.84. The maximum Gasteiger partial charge on any atom is 0.289 e. The lowest BCUT2D eigenvalue weighted by molar-refractivity contribution is -0.387. The molecular formula is C11H14N2O4S. The average Bonchev–Trinajstić information content (AvgIpc) is 2.28. The summed E-state index contributed by atoms with van der Waals surface area (Å²) in [6.45, 7) is 5.17. The largest absolute Gasteiger partial charge is 0.289 e. The lowest BCUT2D eigenvalue weighted by atomic mass is 10.3. The third-order valence-corrected chi connectivity index (χ3v) is 3.86. The van der Waals surface area contributed by atoms with Crippen molar-refractivity contribution in [2.24, 2.45) is 0 Å². The quantitative estimate of drug-likeness (QED) is 0.485. The first-order valence-electron chi connectivity index (χ1n) is 5.25. The second-order valence-electron chi connectivity index (χ2n) is 3.77. The Bertz CT molecular complexity index is 554. The summed E-state index contributed by atoms with van der Waals surface area (Å²) in [5.41, 5.74) is -0.434. The van der Waals surface area contributed by atoms with Crippen LogP contribution in [0.3, 0.4) is 0 Å². The highest BCUT2D eigenvalue weighted by Gasteiger charge is 2.25. The Hall–Kier alpha value is -1.73. The van der Waals surface area contributed by atoms with Crippen LogP contribution in [0.1, 0.15) is 13.3 Å². The minimum Gasteiger partial charge on any atom is -0.258 e. The van der Waals surface area contributed by atoms with Gasteiger partial charge in [0.15, 0.2) is 4.90 Å². The molecule has 1 rings (SSSR count). The Balaban J connectivity index is 3.13. The fourth-order valence-electron chi connectivity index (χ4n) is 1.46. The number of nitro groups is 1. The fraction of sp³-hybridized carbons (Fsp3) is 0.273. The zero-order chi connectivity index (χ0) is 13.8. The maximum absolute atomic E-state index is 12.0. The smallest absolute Gasteiger partial charge is 0.258 e. The molecule has 0 bridgehead atoms. The van der Waals surface area contributed by atoms with Gasteiger partial charge in [-0.15, -0.1) is 6.58 Å². The molecule has 0 spiro atoms. The van der Waals surface area contributed by atoms with E-state index in [0.29, 0.717) is 6.42 Å². The zero-order valence-electron chi connectivity index (χ0n) is 9.87. The fourth-order valence-corrected chi connectivity index (χ4v) is 2.89. The van der Waals surface area contributed by atoms with E-state index in [-0.39, 0.29) is 10.9 Å². The van der Waals surface area contributed by atoms with E-state index in [0.717, 1.165) is 6.07 Å². The van der Waals surface area contributed by atoms with Gasteiger partial charge in [0.25, 0.3) is 5.69 Å². The highest BCUT2D eigenvalue weighted by molar-refractivity contribution is 7.89. The first kappa shape index (κ1) is 14.3. The highest BCUT2D eigenvalue weighted by atomic mass is 32.2. The molecule has 1 N–H and O–H groups in total. The summed E-state index contributed by atoms with van der Waals surface area (Å²) in [6, 6.07) is 4.87. The van der Waals surface area contributed by atoms with Crippen molar-refractivity contribution in [3.63, 3.8) is 0 Å². The molecule has 0 heterocycles. The number of para-hydroxylation sites is 1. The van der Waals surface area contributed by atoms with Gasteiger partial charge >= 0.3 is 0 Å². The van der Waals surface area contributed by atoms with Crippen LogP contribution in [-0.4, -0.2) is 19.4 Å². The SMILES string of the molecule is C=CC[C@@H](C)NS(=O)(=O)c1ccccc1[N+](=O)[O-]. The summed E-state index contributed by atoms with van der Waals surface area (Å²) >= 11 is 0. The van der Waals surface area contributed by atoms with Crippen molar-refractivity contribution in [3.05, 3.63) is 47.0 Å². The number of nitrogens with zero attached hydrogens (tertiary/aromatic N) is 1. The predicted molar refractivity (Wildman–Crippen MR) is 67.7 cm³/mol. The third-order valence-electron chi connectivity index (χ3n) is 2.23. The average molecular weight is 270 g/mol. The van der Waals surface area contributed by atoms with Crippen molar-refractivity contribution in [2.75, 3.05) is 0 Å². The maximum atomic E-state index is 12.0. The molecule has 0 unspecified atom stereocenters. The van der Waals surface area contributed by atoms with Crippen LogP contribution in [-0.2, 0) is 10.0 Å². The molecule has 1 atom stereocenters. The van der Waals surface area contributed by atoms with Crippen molar-refractivity contribution in [3.8, 4) is 0 Å². The normalized spacial score (nSPS) is 12.9. The Kier molecular flexibility index (Phi) is 4.57. The number of rotatable bonds is 6. The molecule has 0 aliphatic heterocycles. The molecule has 0 amide bonds. The van der Waals surface area contributed by atoms with Gasteiger partial charge in [-0.05, 0) is 19.4 Å². The molecule has 0 fully saturated rings. The molecule has 0 radical (unpaired) electrons. The van der Waals surface area contributed by atoms with Gasteiger partial charge in [0.2, 0.25) is 10.0 Å². The molecule has 0 aromatic heterocycles. The molecule has 98 valence electrons. The van der Waals surface area contributed by atoms with E-state index in [2.05, 4.69) is 11.3 Å². The van der Waals surface area contributed by atoms with Gasteiger partial charge in [0.1, 0.15) is 0 Å². The summed E-state index contributed by atoms with van der Waals surface area (Å²) in [5.74, 6) is 0. The van der Waals surface area contributed by atoms with Gasteiger partial charge in [0, 0.05) is 12.1 Å². The molecule has 0 saturated carbocycles. The van der Waals surface area contributed by atoms with Crippen LogP contribution >= 0.6 is 0 Å². The summed E-state index contributed by atoms with van der Waals surface area (Å²) in [7, 11) is -3.90. The number of hydrogen-bond donors (Lipinski definition) is 1. The second-order valence-corrected chi connectivity index (χ2v) is 5.45. The van der Waals surface area contributed by atoms with Crippen molar-refractivity contribution >= 4 is 15.7 Å². The standard InChI is InChI=1S/C11H14N2O4S/c1-3-6-9(2)12-18(16,17)11-8-5-4-7-10(11)13(14)15/h3-5,7-9,12H,1,6H2,2H3/t9-/m1/s1. The van der Waals surface area contributed by atoms with Crippen LogP contribution in [0, 0.1) is 10.1 Å². The Labute approximate surface area is 106 Å². The van der Waals surface area contributed by atoms with Gasteiger partial charge in [-0.25, -0.2) is 13.1 Å². The number of nitrogens with one attached hydrogen (secondary N) is 1. The van der Waals surface area contributed by atoms with Gasteiger partial charge in [-0.2, -0.15) is 0 Å². The Morgan fingerprint density at radius 3 is 2.67 bits per heavy atom. The molecule has 6 nitrogen and oxygen atoms in total. The second kappa shape index (κ2) is 5.74. The summed E-state index contributed by atoms with van der Waals surface area (Å²) in [4.78, 5) is 9.73. The van der Waals surface area contributed by atoms with Crippen molar-refractivity contribution < 1.29 is 13.3 Å². The van der Waals surface area contributed by atoms with E-state index < -0.39 is 20.6 Å². The van der Waals surface area contributed by atoms with Crippen molar-refractivity contribution in [1.29, 1.82) is 0 Å². The Morgan fingerprint density at radius 1 is 1.50 bits per heavy atom. The highest BCUT2D eigenvalue weighted by Crippen LogP contribution is 2.22. The summed E-state index contributed by atoms with van der Waals surface area (Å²) in [5, 5.41) is 10.8. The van der Waals surface area contributed by atoms with Crippen LogP contribution in [0.5, 0.6) is 0 Å². The number of sulfonamides is 1. The number of benzene rings is 1. The van der Waals surface area contributed by atoms with Crippen molar-refractivity contribution in [2.45, 2.75) is 24.3 Å². The van der Waals surface area contributed by atoms with E-state index in [4.69, 9.17) is 0 Å². The van der Waals surface area contributed by atoms with Crippen LogP contribution in [0.2, 0.25) is 0 Å². The van der Waals surface area contributed by atoms with Crippen LogP contribution < -0.4 is 4.72 Å². The topological polar surface area (TPSA) is 89.3 Å². The summed E-state index contributed by atoms with van der Waals surface area (Å²) in [6.07, 6.45) is 2.02. The first-order chi connectivity index (χ1) is 8.38. The Morgan fingerprint density at radius 2 is 2.11 bits per heavy atom. The third kappa shape index (κ3) is 3.38. The molecule has 18 heavy (non-hydrogen) atoms. The lowest BCUT2D eigenvalue weighted by Crippen LogP contribution is -2.32. The number of hydrogen-bond acceptors (Lipinski definition) is 4. The van der Waals surface area contributed by atoms with E-state index in [1.807, 2.05) is 0 Å². The van der Waals surface area contributed by atoms with Crippen LogP contribution in [0.4, 0.5) is 5.69 Å². The molecule has 0 saturated heterocycles. The molecular weight excluding hydrogens is 256 g/mol. The molecule has 0 aliphatic carbocycles. The minimum atomic E-state index is -3.90. The van der Waals surface area contributed by atoms with E-state index in [1.165, 1.54) is 18.2 Å². The van der Waals surface area contributed by atoms with Gasteiger partial charge in [-0.3, -0.25) is 10.1 Å². The van der Waals surface area contributed by atoms with Gasteiger partial charge in [-0.1, -0.05) is 18.2 Å².